The van der Waals surface area contributed by atoms with Crippen molar-refractivity contribution in [2.24, 2.45) is 0 Å². The second kappa shape index (κ2) is 6.40. The number of fused-ring (bicyclic) bond motifs is 1. The van der Waals surface area contributed by atoms with Crippen LogP contribution in [0.4, 0.5) is 0 Å². The number of rotatable bonds is 2. The first-order chi connectivity index (χ1) is 12.1. The third-order valence-corrected chi connectivity index (χ3v) is 4.42. The van der Waals surface area contributed by atoms with Crippen LogP contribution in [0, 0.1) is 0 Å². The molecule has 0 spiro atoms. The molecule has 132 valence electrons. The maximum absolute atomic E-state index is 13.0. The second-order valence-corrected chi connectivity index (χ2v) is 6.57. The van der Waals surface area contributed by atoms with Gasteiger partial charge >= 0.3 is 0 Å². The van der Waals surface area contributed by atoms with Gasteiger partial charge in [0.25, 0.3) is 5.91 Å². The first-order valence-electron chi connectivity index (χ1n) is 8.50. The molecule has 25 heavy (non-hydrogen) atoms. The first kappa shape index (κ1) is 16.0. The van der Waals surface area contributed by atoms with Crippen molar-refractivity contribution in [2.75, 3.05) is 26.3 Å². The molecule has 1 fully saturated rings. The molecular formula is C18H21N3O4. The van der Waals surface area contributed by atoms with Crippen LogP contribution in [0.1, 0.15) is 24.3 Å². The first-order valence-corrected chi connectivity index (χ1v) is 8.50. The fraction of sp³-hybridized carbons (Fsp3) is 0.444. The van der Waals surface area contributed by atoms with Crippen molar-refractivity contribution in [1.82, 2.24) is 15.2 Å². The number of amides is 1. The van der Waals surface area contributed by atoms with E-state index in [4.69, 9.17) is 13.9 Å². The minimum Gasteiger partial charge on any atom is -0.486 e. The molecule has 7 nitrogen and oxygen atoms in total. The third kappa shape index (κ3) is 3.07. The number of benzene rings is 1. The Bertz CT molecular complexity index is 778. The Morgan fingerprint density at radius 3 is 2.64 bits per heavy atom. The van der Waals surface area contributed by atoms with E-state index in [2.05, 4.69) is 24.1 Å². The highest BCUT2D eigenvalue weighted by Crippen LogP contribution is 2.35. The molecule has 1 N–H and O–H groups in total. The monoisotopic (exact) mass is 343 g/mol. The van der Waals surface area contributed by atoms with Crippen molar-refractivity contribution in [2.45, 2.75) is 25.9 Å². The van der Waals surface area contributed by atoms with Crippen LogP contribution in [0.2, 0.25) is 0 Å². The Morgan fingerprint density at radius 2 is 1.88 bits per heavy atom. The van der Waals surface area contributed by atoms with Crippen LogP contribution in [0.15, 0.2) is 29.0 Å². The molecule has 3 heterocycles. The lowest BCUT2D eigenvalue weighted by molar-refractivity contribution is 0.0669. The van der Waals surface area contributed by atoms with E-state index in [-0.39, 0.29) is 18.0 Å². The molecule has 0 aliphatic carbocycles. The van der Waals surface area contributed by atoms with Crippen LogP contribution in [0.5, 0.6) is 11.5 Å². The molecule has 2 atom stereocenters. The maximum Gasteiger partial charge on any atom is 0.276 e. The molecule has 2 aliphatic rings. The number of oxazole rings is 1. The zero-order valence-corrected chi connectivity index (χ0v) is 14.3. The lowest BCUT2D eigenvalue weighted by atomic mass is 10.1. The summed E-state index contributed by atoms with van der Waals surface area (Å²) in [5.41, 5.74) is 1.08. The molecule has 0 unspecified atom stereocenters. The maximum atomic E-state index is 13.0. The zero-order valence-electron chi connectivity index (χ0n) is 14.3. The van der Waals surface area contributed by atoms with Gasteiger partial charge in [-0.15, -0.1) is 0 Å². The Morgan fingerprint density at radius 1 is 1.16 bits per heavy atom. The fourth-order valence-corrected chi connectivity index (χ4v) is 3.43. The lowest BCUT2D eigenvalue weighted by Crippen LogP contribution is -2.55. The Balaban J connectivity index is 1.63. The standard InChI is InChI=1S/C18H21N3O4/c1-11-8-21(9-12(2)20-11)18(22)16-17(25-10-19-16)13-3-4-14-15(7-13)24-6-5-23-14/h3-4,7,10-12,20H,5-6,8-9H2,1-2H3/t11-,12-/m1/s1. The summed E-state index contributed by atoms with van der Waals surface area (Å²) >= 11 is 0. The number of nitrogens with zero attached hydrogens (tertiary/aromatic N) is 2. The molecule has 0 saturated carbocycles. The summed E-state index contributed by atoms with van der Waals surface area (Å²) in [6.45, 7) is 6.49. The van der Waals surface area contributed by atoms with Crippen LogP contribution in [-0.4, -0.2) is 54.2 Å². The highest BCUT2D eigenvalue weighted by molar-refractivity contribution is 5.97. The zero-order chi connectivity index (χ0) is 17.4. The number of carbonyl (C=O) groups is 1. The predicted molar refractivity (Wildman–Crippen MR) is 90.9 cm³/mol. The molecule has 0 bridgehead atoms. The fourth-order valence-electron chi connectivity index (χ4n) is 3.43. The molecule has 2 aromatic rings. The van der Waals surface area contributed by atoms with Crippen LogP contribution < -0.4 is 14.8 Å². The summed E-state index contributed by atoms with van der Waals surface area (Å²) < 4.78 is 16.7. The van der Waals surface area contributed by atoms with Gasteiger partial charge in [-0.3, -0.25) is 4.79 Å². The SMILES string of the molecule is C[C@@H]1CN(C(=O)c2ncoc2-c2ccc3c(c2)OCCO3)C[C@@H](C)N1. The number of carbonyl (C=O) groups excluding carboxylic acids is 1. The van der Waals surface area contributed by atoms with Crippen molar-refractivity contribution in [3.8, 4) is 22.8 Å². The molecule has 4 rings (SSSR count). The minimum atomic E-state index is -0.112. The van der Waals surface area contributed by atoms with Gasteiger partial charge in [-0.05, 0) is 32.0 Å². The Kier molecular flexibility index (Phi) is 4.09. The quantitative estimate of drug-likeness (QED) is 0.898. The molecule has 7 heteroatoms. The van der Waals surface area contributed by atoms with E-state index in [0.29, 0.717) is 49.3 Å². The summed E-state index contributed by atoms with van der Waals surface area (Å²) in [7, 11) is 0. The van der Waals surface area contributed by atoms with Gasteiger partial charge in [0, 0.05) is 30.7 Å². The second-order valence-electron chi connectivity index (χ2n) is 6.57. The Labute approximate surface area is 145 Å². The van der Waals surface area contributed by atoms with E-state index in [1.165, 1.54) is 6.39 Å². The van der Waals surface area contributed by atoms with Gasteiger partial charge < -0.3 is 24.1 Å². The van der Waals surface area contributed by atoms with E-state index in [1.54, 1.807) is 0 Å². The summed E-state index contributed by atoms with van der Waals surface area (Å²) in [5.74, 6) is 1.70. The minimum absolute atomic E-state index is 0.112. The van der Waals surface area contributed by atoms with Crippen LogP contribution in [-0.2, 0) is 0 Å². The van der Waals surface area contributed by atoms with Gasteiger partial charge in [0.05, 0.1) is 0 Å². The number of aromatic nitrogens is 1. The van der Waals surface area contributed by atoms with Gasteiger partial charge in [-0.25, -0.2) is 4.98 Å². The average molecular weight is 343 g/mol. The van der Waals surface area contributed by atoms with Crippen LogP contribution in [0.25, 0.3) is 11.3 Å². The molecule has 1 aromatic heterocycles. The van der Waals surface area contributed by atoms with E-state index in [9.17, 15) is 4.79 Å². The number of ether oxygens (including phenoxy) is 2. The van der Waals surface area contributed by atoms with E-state index >= 15 is 0 Å². The van der Waals surface area contributed by atoms with E-state index in [0.717, 1.165) is 5.56 Å². The molecule has 1 amide bonds. The smallest absolute Gasteiger partial charge is 0.276 e. The average Bonchev–Trinajstić information content (AvgIpc) is 3.09. The summed E-state index contributed by atoms with van der Waals surface area (Å²) in [4.78, 5) is 19.0. The van der Waals surface area contributed by atoms with Gasteiger partial charge in [-0.2, -0.15) is 0 Å². The largest absolute Gasteiger partial charge is 0.486 e. The summed E-state index contributed by atoms with van der Waals surface area (Å²) in [5, 5.41) is 3.42. The third-order valence-electron chi connectivity index (χ3n) is 4.42. The van der Waals surface area contributed by atoms with Gasteiger partial charge in [-0.1, -0.05) is 0 Å². The molecule has 2 aliphatic heterocycles. The number of hydrogen-bond acceptors (Lipinski definition) is 6. The highest BCUT2D eigenvalue weighted by Gasteiger charge is 2.29. The van der Waals surface area contributed by atoms with Crippen LogP contribution in [0.3, 0.4) is 0 Å². The molecule has 0 radical (unpaired) electrons. The normalized spacial score (nSPS) is 22.7. The molecular weight excluding hydrogens is 322 g/mol. The molecule has 1 aromatic carbocycles. The summed E-state index contributed by atoms with van der Waals surface area (Å²) in [6, 6.07) is 6.01. The summed E-state index contributed by atoms with van der Waals surface area (Å²) in [6.07, 6.45) is 1.31. The van der Waals surface area contributed by atoms with Gasteiger partial charge in [0.15, 0.2) is 29.3 Å². The number of nitrogens with one attached hydrogen (secondary N) is 1. The van der Waals surface area contributed by atoms with E-state index < -0.39 is 0 Å². The van der Waals surface area contributed by atoms with Crippen molar-refractivity contribution in [3.05, 3.63) is 30.3 Å². The van der Waals surface area contributed by atoms with Crippen LogP contribution >= 0.6 is 0 Å². The van der Waals surface area contributed by atoms with Crippen molar-refractivity contribution in [1.29, 1.82) is 0 Å². The lowest BCUT2D eigenvalue weighted by Gasteiger charge is -2.35. The van der Waals surface area contributed by atoms with E-state index in [1.807, 2.05) is 23.1 Å². The van der Waals surface area contributed by atoms with Gasteiger partial charge in [0.2, 0.25) is 0 Å². The predicted octanol–water partition coefficient (Wildman–Crippen LogP) is 1.94. The number of piperazine rings is 1. The Hall–Kier alpha value is -2.54. The topological polar surface area (TPSA) is 76.8 Å². The molecule has 1 saturated heterocycles. The van der Waals surface area contributed by atoms with Gasteiger partial charge in [0.1, 0.15) is 13.2 Å². The number of hydrogen-bond donors (Lipinski definition) is 1. The van der Waals surface area contributed by atoms with Crippen molar-refractivity contribution < 1.29 is 18.7 Å². The van der Waals surface area contributed by atoms with Crippen molar-refractivity contribution >= 4 is 5.91 Å². The highest BCUT2D eigenvalue weighted by atomic mass is 16.6. The van der Waals surface area contributed by atoms with Crippen molar-refractivity contribution in [3.63, 3.8) is 0 Å².